The van der Waals surface area contributed by atoms with E-state index in [1.807, 2.05) is 45.9 Å². The molecule has 0 aliphatic rings. The minimum absolute atomic E-state index is 0.0273. The van der Waals surface area contributed by atoms with Crippen LogP contribution >= 0.6 is 34.8 Å². The molecule has 0 bridgehead atoms. The molecule has 0 aromatic heterocycles. The zero-order valence-electron chi connectivity index (χ0n) is 62.5. The van der Waals surface area contributed by atoms with Crippen molar-refractivity contribution in [2.75, 3.05) is 0 Å². The van der Waals surface area contributed by atoms with Crippen LogP contribution in [-0.2, 0) is 129 Å². The average Bonchev–Trinajstić information content (AvgIpc) is 0.768. The van der Waals surface area contributed by atoms with Gasteiger partial charge in [-0.1, -0.05) is 180 Å². The molecule has 0 amide bonds. The maximum Gasteiger partial charge on any atom is 0.139 e. The fourth-order valence-electron chi connectivity index (χ4n) is 9.42. The zero-order valence-corrected chi connectivity index (χ0v) is 74.6. The SMILES string of the molecule is CCc1ccc(S(=O)(=O)[O-])cc1.Cc1ccc(S(=O)(=O)[O-])c(C)c1.Cc1ccc(S(=O)(=O)[O-])cc1.Cc1ccc2ccc(S(=O)(=O)[O-])cc2c1.O=S(=O)([O-])c1cc(Cl)c(Cl)cc1Cl.O=S(=O)([O-])c1cccc(S(=O)(=O)[O-])c1.O=S(=O)([O-])c1cccc2c(S(=O)(=O)[O-])cccc12.O=S(=O)([O-])c1ccccc1.O=S([O-])Oc1ccc2cc(S(=O)(=O)[O-])ccc2c1. The van der Waals surface area contributed by atoms with E-state index in [-0.39, 0.29) is 61.0 Å². The molecule has 1 atom stereocenters. The van der Waals surface area contributed by atoms with Gasteiger partial charge in [-0.25, -0.2) is 96.8 Å². The standard InChI is InChI=1S/C11H10O3S.2C10H8O6S2.2C8H10O3S.C7H8O3S.C6H3Cl3O3S.C6H6O6S2.C6H6O3S/c1-8-2-3-9-4-5-11(15(12,13)14)7-10(9)6-8;11-17(12)16-9-3-1-8-6-10(18(13,14)15)4-2-7(8)5-9;11-17(12,13)9-5-1-3-7-8(9)4-2-6-10(7)18(14,15)16;1-6-3-4-8(7(2)5-6)12(9,10)11;1-2-7-3-5-8(6-4-7)12(9,10)11;1-6-2-4-7(5-3-6)11(8,9)10;7-3-1-5(9)6(2-4(3)8)13(10,11)12;7-13(8,9)5-2-1-3-6(4-5)14(10,11)12;7-10(8,9)6-4-2-1-3-5-6/h2-7H,1H3,(H,12,13,14);1-6H,(H,11,12)(H,13,14,15);1-6H,(H,11,12,13)(H,14,15,16);3-5H,1-2H3,(H,9,10,11);3-6H,2H2,1H3,(H,9,10,11);2-5H,1H3,(H,8,9,10);1-2H,(H,10,11,12);1-4H,(H,7,8,9)(H,10,11,12);1-5H,(H,7,8,9)/p-12. The van der Waals surface area contributed by atoms with Crippen LogP contribution in [0.1, 0.15) is 34.7 Å². The molecule has 0 saturated carbocycles. The molecule has 0 N–H and O–H groups in total. The molecule has 0 spiro atoms. The normalized spacial score (nSPS) is 12.2. The number of hydrogen-bond acceptors (Lipinski definition) is 36. The van der Waals surface area contributed by atoms with Crippen LogP contribution in [0.25, 0.3) is 32.3 Å². The van der Waals surface area contributed by atoms with Crippen molar-refractivity contribution in [3.8, 4) is 5.75 Å². The first-order valence-electron chi connectivity index (χ1n) is 32.5. The molecule has 12 rings (SSSR count). The molecule has 51 heteroatoms. The molecular weight excluding hydrogens is 1930 g/mol. The molecule has 123 heavy (non-hydrogen) atoms. The van der Waals surface area contributed by atoms with Gasteiger partial charge in [0.15, 0.2) is 0 Å². The van der Waals surface area contributed by atoms with Crippen LogP contribution in [0.4, 0.5) is 0 Å². The second-order valence-electron chi connectivity index (χ2n) is 24.1. The lowest BCUT2D eigenvalue weighted by Gasteiger charge is -2.14. The Kier molecular flexibility index (Phi) is 38.0. The monoisotopic (exact) mass is 1990 g/mol. The highest BCUT2D eigenvalue weighted by atomic mass is 35.5. The van der Waals surface area contributed by atoms with Crippen LogP contribution in [-0.4, -0.2) is 151 Å². The molecule has 0 heterocycles. The second-order valence-corrected chi connectivity index (χ2v) is 41.0. The van der Waals surface area contributed by atoms with Crippen molar-refractivity contribution in [3.63, 3.8) is 0 Å². The molecule has 1 unspecified atom stereocenters. The Morgan fingerprint density at radius 3 is 0.992 bits per heavy atom. The van der Waals surface area contributed by atoms with Gasteiger partial charge in [-0.05, 0) is 188 Å². The summed E-state index contributed by atoms with van der Waals surface area (Å²) in [6.45, 7) is 9.14. The Bertz CT molecular complexity index is 7130. The molecule has 666 valence electrons. The van der Waals surface area contributed by atoms with Gasteiger partial charge in [0.05, 0.1) is 68.9 Å². The number of rotatable bonds is 14. The van der Waals surface area contributed by atoms with Gasteiger partial charge < -0.3 is 58.8 Å². The lowest BCUT2D eigenvalue weighted by Crippen LogP contribution is -2.03. The quantitative estimate of drug-likeness (QED) is 0.0555. The Balaban J connectivity index is 0.000000292. The van der Waals surface area contributed by atoms with Gasteiger partial charge in [-0.2, -0.15) is 0 Å². The zero-order chi connectivity index (χ0) is 93.8. The topological polar surface area (TPSA) is 679 Å². The number of aryl methyl sites for hydroxylation is 5. The van der Waals surface area contributed by atoms with Crippen molar-refractivity contribution in [3.05, 3.63) is 286 Å². The van der Waals surface area contributed by atoms with Crippen molar-refractivity contribution in [1.82, 2.24) is 0 Å². The van der Waals surface area contributed by atoms with Crippen molar-refractivity contribution < 1.29 is 156 Å². The maximum atomic E-state index is 11.0. The van der Waals surface area contributed by atoms with E-state index >= 15 is 0 Å². The summed E-state index contributed by atoms with van der Waals surface area (Å²) in [6.07, 6.45) is 0.833. The predicted octanol–water partition coefficient (Wildman–Crippen LogP) is 9.51. The molecule has 12 aromatic rings. The molecule has 0 aliphatic carbocycles. The number of fused-ring (bicyclic) bond motifs is 3. The van der Waals surface area contributed by atoms with E-state index < -0.39 is 147 Å². The molecule has 0 aliphatic heterocycles. The highest BCUT2D eigenvalue weighted by Gasteiger charge is 2.15. The first-order valence-corrected chi connectivity index (χ1v) is 50.2. The fourth-order valence-corrected chi connectivity index (χ4v) is 16.8. The van der Waals surface area contributed by atoms with Gasteiger partial charge in [0, 0.05) is 10.8 Å². The summed E-state index contributed by atoms with van der Waals surface area (Å²) in [7, 11) is -49.5. The van der Waals surface area contributed by atoms with Gasteiger partial charge in [0.2, 0.25) is 0 Å². The van der Waals surface area contributed by atoms with Crippen LogP contribution in [0.5, 0.6) is 5.75 Å². The minimum atomic E-state index is -4.74. The van der Waals surface area contributed by atoms with E-state index in [2.05, 4.69) is 4.18 Å². The van der Waals surface area contributed by atoms with Crippen molar-refractivity contribution in [2.45, 2.75) is 94.9 Å². The number of hydrogen-bond donors (Lipinski definition) is 0. The second kappa shape index (κ2) is 43.9. The van der Waals surface area contributed by atoms with Gasteiger partial charge in [0.25, 0.3) is 0 Å². The highest BCUT2D eigenvalue weighted by Crippen LogP contribution is 2.33. The largest absolute Gasteiger partial charge is 0.744 e. The molecule has 0 radical (unpaired) electrons. The Morgan fingerprint density at radius 2 is 0.593 bits per heavy atom. The lowest BCUT2D eigenvalue weighted by molar-refractivity contribution is 0.439. The van der Waals surface area contributed by atoms with Crippen molar-refractivity contribution in [2.24, 2.45) is 0 Å². The van der Waals surface area contributed by atoms with E-state index in [1.54, 1.807) is 55.5 Å². The summed E-state index contributed by atoms with van der Waals surface area (Å²) in [5, 5.41) is 2.43. The van der Waals surface area contributed by atoms with Gasteiger partial charge in [-0.15, -0.1) is 0 Å². The average molecular weight is 1990 g/mol. The Morgan fingerprint density at radius 1 is 0.268 bits per heavy atom. The first kappa shape index (κ1) is 107. The predicted molar refractivity (Wildman–Crippen MR) is 431 cm³/mol. The van der Waals surface area contributed by atoms with Crippen LogP contribution in [0.2, 0.25) is 15.1 Å². The van der Waals surface area contributed by atoms with E-state index in [0.29, 0.717) is 22.4 Å². The van der Waals surface area contributed by atoms with Crippen LogP contribution in [0.15, 0.2) is 297 Å². The lowest BCUT2D eigenvalue weighted by atomic mass is 10.1. The van der Waals surface area contributed by atoms with Gasteiger partial charge in [0.1, 0.15) is 128 Å². The van der Waals surface area contributed by atoms with Crippen molar-refractivity contribution >= 4 is 190 Å². The molecule has 0 fully saturated rings. The molecule has 0 saturated heterocycles. The summed E-state index contributed by atoms with van der Waals surface area (Å²) in [5.74, 6) is 0.105. The molecule has 36 nitrogen and oxygen atoms in total. The summed E-state index contributed by atoms with van der Waals surface area (Å²) < 4.78 is 376. The van der Waals surface area contributed by atoms with E-state index in [4.69, 9.17) is 34.8 Å². The number of halogens is 3. The summed E-state index contributed by atoms with van der Waals surface area (Å²) >= 11 is 13.8. The third-order valence-corrected chi connectivity index (χ3v) is 26.1. The van der Waals surface area contributed by atoms with Gasteiger partial charge in [-0.3, -0.25) is 0 Å². The number of benzene rings is 12. The van der Waals surface area contributed by atoms with Crippen LogP contribution < -0.4 is 4.18 Å². The Hall–Kier alpha value is -8.79. The summed E-state index contributed by atoms with van der Waals surface area (Å²) in [5.41, 5.74) is 4.42. The molecular formula is C72H57Cl3O36S12-12. The van der Waals surface area contributed by atoms with E-state index in [0.717, 1.165) is 88.0 Å². The summed E-state index contributed by atoms with van der Waals surface area (Å²) in [4.78, 5) is -4.33. The van der Waals surface area contributed by atoms with E-state index in [1.165, 1.54) is 121 Å². The third-order valence-electron chi connectivity index (χ3n) is 15.1. The molecule has 12 aromatic carbocycles. The Labute approximate surface area is 725 Å². The highest BCUT2D eigenvalue weighted by molar-refractivity contribution is 7.88. The van der Waals surface area contributed by atoms with Crippen molar-refractivity contribution in [1.29, 1.82) is 0 Å². The van der Waals surface area contributed by atoms with Crippen LogP contribution in [0.3, 0.4) is 0 Å². The van der Waals surface area contributed by atoms with E-state index in [9.17, 15) is 151 Å². The third kappa shape index (κ3) is 35.6. The fraction of sp³-hybridized carbons (Fsp3) is 0.0833. The smallest absolute Gasteiger partial charge is 0.139 e. The van der Waals surface area contributed by atoms with Crippen LogP contribution in [0, 0.1) is 27.7 Å². The minimum Gasteiger partial charge on any atom is -0.744 e. The first-order chi connectivity index (χ1) is 56.1. The summed E-state index contributed by atoms with van der Waals surface area (Å²) in [6, 6.07) is 54.1. The maximum absolute atomic E-state index is 11.0. The van der Waals surface area contributed by atoms with Gasteiger partial charge >= 0.3 is 0 Å².